The van der Waals surface area contributed by atoms with Gasteiger partial charge in [0.15, 0.2) is 0 Å². The third kappa shape index (κ3) is 5.43. The zero-order valence-corrected chi connectivity index (χ0v) is 39.6. The minimum atomic E-state index is -0.189. The van der Waals surface area contributed by atoms with Crippen molar-refractivity contribution in [3.63, 3.8) is 0 Å². The maximum atomic E-state index is 2.59. The number of nitrogens with zero attached hydrogens (tertiary/aromatic N) is 2. The summed E-state index contributed by atoms with van der Waals surface area (Å²) in [6.07, 6.45) is 1.87. The predicted octanol–water partition coefficient (Wildman–Crippen LogP) is 19.2. The summed E-state index contributed by atoms with van der Waals surface area (Å²) < 4.78 is 5.31. The number of para-hydroxylation sites is 2. The molecule has 0 saturated carbocycles. The minimum Gasteiger partial charge on any atom is -0.309 e. The molecule has 0 fully saturated rings. The van der Waals surface area contributed by atoms with Crippen LogP contribution < -0.4 is 9.80 Å². The number of hydrogen-bond acceptors (Lipinski definition) is 4. The van der Waals surface area contributed by atoms with Crippen molar-refractivity contribution < 1.29 is 0 Å². The molecule has 0 radical (unpaired) electrons. The van der Waals surface area contributed by atoms with Crippen LogP contribution in [0, 0.1) is 0 Å². The summed E-state index contributed by atoms with van der Waals surface area (Å²) >= 11 is 3.80. The van der Waals surface area contributed by atoms with Gasteiger partial charge >= 0.3 is 0 Å². The first-order valence-corrected chi connectivity index (χ1v) is 25.3. The van der Waals surface area contributed by atoms with Crippen LogP contribution in [-0.4, -0.2) is 0 Å². The Hall–Kier alpha value is -7.24. The largest absolute Gasteiger partial charge is 0.309 e. The van der Waals surface area contributed by atoms with Crippen LogP contribution in [-0.2, 0) is 18.3 Å². The third-order valence-electron chi connectivity index (χ3n) is 15.1. The predicted molar refractivity (Wildman–Crippen MR) is 294 cm³/mol. The van der Waals surface area contributed by atoms with E-state index in [1.54, 1.807) is 0 Å². The van der Waals surface area contributed by atoms with E-state index in [-0.39, 0.29) is 5.41 Å². The molecule has 0 bridgehead atoms. The van der Waals surface area contributed by atoms with E-state index in [9.17, 15) is 0 Å². The van der Waals surface area contributed by atoms with E-state index >= 15 is 0 Å². The molecule has 2 aromatic heterocycles. The van der Waals surface area contributed by atoms with Gasteiger partial charge in [0.1, 0.15) is 0 Å². The van der Waals surface area contributed by atoms with Gasteiger partial charge in [-0.05, 0) is 128 Å². The van der Waals surface area contributed by atoms with Gasteiger partial charge in [0, 0.05) is 62.2 Å². The second-order valence-electron chi connectivity index (χ2n) is 18.9. The fourth-order valence-corrected chi connectivity index (χ4v) is 14.2. The lowest BCUT2D eigenvalue weighted by atomic mass is 9.73. The van der Waals surface area contributed by atoms with Crippen LogP contribution >= 0.6 is 22.7 Å². The standard InChI is InChI=1S/C63H46N2S2/c1-5-37-17-7-11-25-51(37)64(55-35-59-47(33-38(55)6-2)39-18-8-13-27-57(39)66-59)52-31-29-43-44-30-32-53(46-23-16-21-42(62(44)46)41-20-15-22-45(52)61(41)43)65-54-26-12-10-24-49(54)63(3,4)50-34-48-40-19-9-14-28-58(40)67-60(48)36-56(50)65/h7-36H,5-6H2,1-4H3. The summed E-state index contributed by atoms with van der Waals surface area (Å²) in [5.74, 6) is 0. The molecular formula is C63H46N2S2. The van der Waals surface area contributed by atoms with Crippen LogP contribution in [0.4, 0.5) is 34.1 Å². The fourth-order valence-electron chi connectivity index (χ4n) is 12.0. The highest BCUT2D eigenvalue weighted by molar-refractivity contribution is 7.26. The molecule has 1 aliphatic rings. The molecule has 13 aromatic rings. The number of anilines is 6. The highest BCUT2D eigenvalue weighted by atomic mass is 32.1. The molecule has 4 heteroatoms. The van der Waals surface area contributed by atoms with Crippen molar-refractivity contribution in [3.05, 3.63) is 204 Å². The molecule has 0 N–H and O–H groups in total. The molecule has 0 saturated heterocycles. The maximum absolute atomic E-state index is 2.59. The number of fused-ring (bicyclic) bond motifs is 10. The molecule has 0 spiro atoms. The SMILES string of the molecule is CCc1ccccc1N(c1cc2sc3ccccc3c2cc1CC)c1ccc2c3ccc(N4c5ccccc5C(C)(C)c5cc6c(cc54)sc4ccccc46)c4cccc(c5cccc1c52)c43. The Balaban J connectivity index is 1.02. The Morgan fingerprint density at radius 2 is 0.940 bits per heavy atom. The van der Waals surface area contributed by atoms with Crippen molar-refractivity contribution in [2.75, 3.05) is 9.80 Å². The van der Waals surface area contributed by atoms with Gasteiger partial charge in [-0.25, -0.2) is 0 Å². The van der Waals surface area contributed by atoms with E-state index in [2.05, 4.69) is 219 Å². The van der Waals surface area contributed by atoms with E-state index in [0.29, 0.717) is 0 Å². The number of hydrogen-bond donors (Lipinski definition) is 0. The first kappa shape index (κ1) is 39.0. The lowest BCUT2D eigenvalue weighted by Gasteiger charge is -2.42. The Bertz CT molecular complexity index is 4170. The van der Waals surface area contributed by atoms with E-state index in [4.69, 9.17) is 0 Å². The summed E-state index contributed by atoms with van der Waals surface area (Å²) in [5.41, 5.74) is 12.6. The summed E-state index contributed by atoms with van der Waals surface area (Å²) in [7, 11) is 0. The van der Waals surface area contributed by atoms with Crippen molar-refractivity contribution in [3.8, 4) is 0 Å². The molecule has 0 unspecified atom stereocenters. The smallest absolute Gasteiger partial charge is 0.0540 e. The highest BCUT2D eigenvalue weighted by Crippen LogP contribution is 2.56. The average molecular weight is 895 g/mol. The Kier molecular flexibility index (Phi) is 8.36. The zero-order valence-electron chi connectivity index (χ0n) is 37.9. The summed E-state index contributed by atoms with van der Waals surface area (Å²) in [5, 5.41) is 15.7. The van der Waals surface area contributed by atoms with Crippen LogP contribution in [0.5, 0.6) is 0 Å². The third-order valence-corrected chi connectivity index (χ3v) is 17.4. The normalized spacial score (nSPS) is 13.6. The van der Waals surface area contributed by atoms with Crippen molar-refractivity contribution in [2.45, 2.75) is 46.0 Å². The maximum Gasteiger partial charge on any atom is 0.0540 e. The van der Waals surface area contributed by atoms with Crippen molar-refractivity contribution >= 4 is 140 Å². The lowest BCUT2D eigenvalue weighted by molar-refractivity contribution is 0.633. The number of benzene rings is 11. The van der Waals surface area contributed by atoms with Gasteiger partial charge in [-0.15, -0.1) is 22.7 Å². The number of thiophene rings is 2. The number of aryl methyl sites for hydroxylation is 2. The van der Waals surface area contributed by atoms with Crippen molar-refractivity contribution in [2.24, 2.45) is 0 Å². The summed E-state index contributed by atoms with van der Waals surface area (Å²) in [6, 6.07) is 69.4. The molecule has 14 rings (SSSR count). The molecule has 320 valence electrons. The first-order chi connectivity index (χ1) is 32.9. The minimum absolute atomic E-state index is 0.189. The summed E-state index contributed by atoms with van der Waals surface area (Å²) in [6.45, 7) is 9.39. The van der Waals surface area contributed by atoms with E-state index in [1.807, 2.05) is 22.7 Å². The second-order valence-corrected chi connectivity index (χ2v) is 21.1. The van der Waals surface area contributed by atoms with Gasteiger partial charge < -0.3 is 9.80 Å². The molecule has 0 aliphatic carbocycles. The topological polar surface area (TPSA) is 6.48 Å². The van der Waals surface area contributed by atoms with Gasteiger partial charge in [-0.1, -0.05) is 149 Å². The Morgan fingerprint density at radius 3 is 1.69 bits per heavy atom. The average Bonchev–Trinajstić information content (AvgIpc) is 3.93. The molecule has 11 aromatic carbocycles. The van der Waals surface area contributed by atoms with Crippen LogP contribution in [0.15, 0.2) is 182 Å². The van der Waals surface area contributed by atoms with Gasteiger partial charge in [0.25, 0.3) is 0 Å². The van der Waals surface area contributed by atoms with Gasteiger partial charge in [-0.3, -0.25) is 0 Å². The molecule has 1 aliphatic heterocycles. The monoisotopic (exact) mass is 894 g/mol. The molecule has 2 nitrogen and oxygen atoms in total. The van der Waals surface area contributed by atoms with E-state index in [0.717, 1.165) is 12.8 Å². The molecule has 0 atom stereocenters. The lowest BCUT2D eigenvalue weighted by Crippen LogP contribution is -2.30. The molecule has 3 heterocycles. The van der Waals surface area contributed by atoms with Gasteiger partial charge in [-0.2, -0.15) is 0 Å². The van der Waals surface area contributed by atoms with Crippen LogP contribution in [0.2, 0.25) is 0 Å². The van der Waals surface area contributed by atoms with Crippen LogP contribution in [0.3, 0.4) is 0 Å². The Morgan fingerprint density at radius 1 is 0.373 bits per heavy atom. The van der Waals surface area contributed by atoms with E-state index < -0.39 is 0 Å². The van der Waals surface area contributed by atoms with Gasteiger partial charge in [0.2, 0.25) is 0 Å². The van der Waals surface area contributed by atoms with Crippen LogP contribution in [0.1, 0.15) is 49.9 Å². The van der Waals surface area contributed by atoms with Crippen LogP contribution in [0.25, 0.3) is 83.4 Å². The molecule has 67 heavy (non-hydrogen) atoms. The highest BCUT2D eigenvalue weighted by Gasteiger charge is 2.38. The first-order valence-electron chi connectivity index (χ1n) is 23.7. The summed E-state index contributed by atoms with van der Waals surface area (Å²) in [4.78, 5) is 5.16. The Labute approximate surface area is 397 Å². The number of rotatable bonds is 6. The quantitative estimate of drug-likeness (QED) is 0.121. The van der Waals surface area contributed by atoms with Crippen molar-refractivity contribution in [1.82, 2.24) is 0 Å². The molecular weight excluding hydrogens is 849 g/mol. The second kappa shape index (κ2) is 14.4. The van der Waals surface area contributed by atoms with Gasteiger partial charge in [0.05, 0.1) is 28.4 Å². The zero-order chi connectivity index (χ0) is 44.7. The van der Waals surface area contributed by atoms with Crippen molar-refractivity contribution in [1.29, 1.82) is 0 Å². The fraction of sp³-hybridized carbons (Fsp3) is 0.111. The van der Waals surface area contributed by atoms with E-state index in [1.165, 1.54) is 140 Å². The molecule has 0 amide bonds.